The van der Waals surface area contributed by atoms with Crippen LogP contribution in [0.1, 0.15) is 27.9 Å². The normalized spacial score (nSPS) is 19.2. The van der Waals surface area contributed by atoms with Gasteiger partial charge in [0, 0.05) is 31.5 Å². The Labute approximate surface area is 112 Å². The molecule has 0 saturated carbocycles. The average Bonchev–Trinajstić information content (AvgIpc) is 2.47. The number of aryl methyl sites for hydroxylation is 1. The Hall–Kier alpha value is -1.68. The van der Waals surface area contributed by atoms with Gasteiger partial charge in [0.05, 0.1) is 13.2 Å². The number of ketones is 1. The topological polar surface area (TPSA) is 46.6 Å². The van der Waals surface area contributed by atoms with Gasteiger partial charge in [-0.3, -0.25) is 9.59 Å². The van der Waals surface area contributed by atoms with Crippen molar-refractivity contribution in [2.75, 3.05) is 26.3 Å². The fourth-order valence-corrected chi connectivity index (χ4v) is 2.69. The molecule has 2 aliphatic rings. The van der Waals surface area contributed by atoms with E-state index in [2.05, 4.69) is 0 Å². The minimum absolute atomic E-state index is 0.0722. The van der Waals surface area contributed by atoms with Crippen molar-refractivity contribution in [3.8, 4) is 0 Å². The van der Waals surface area contributed by atoms with Crippen LogP contribution in [0.25, 0.3) is 0 Å². The van der Waals surface area contributed by atoms with E-state index in [9.17, 15) is 9.59 Å². The van der Waals surface area contributed by atoms with Crippen molar-refractivity contribution in [2.24, 2.45) is 0 Å². The van der Waals surface area contributed by atoms with Gasteiger partial charge in [0.15, 0.2) is 0 Å². The highest BCUT2D eigenvalue weighted by Crippen LogP contribution is 2.21. The molecule has 4 heteroatoms. The third-order valence-electron chi connectivity index (χ3n) is 3.81. The summed E-state index contributed by atoms with van der Waals surface area (Å²) in [6.45, 7) is 2.55. The van der Waals surface area contributed by atoms with E-state index < -0.39 is 0 Å². The molecule has 1 aliphatic carbocycles. The molecule has 1 amide bonds. The van der Waals surface area contributed by atoms with Crippen LogP contribution in [0, 0.1) is 0 Å². The van der Waals surface area contributed by atoms with E-state index in [0.29, 0.717) is 44.9 Å². The first kappa shape index (κ1) is 12.4. The number of benzene rings is 1. The smallest absolute Gasteiger partial charge is 0.254 e. The van der Waals surface area contributed by atoms with Crippen LogP contribution in [0.2, 0.25) is 0 Å². The first-order valence-electron chi connectivity index (χ1n) is 6.74. The molecule has 1 aromatic rings. The van der Waals surface area contributed by atoms with Crippen molar-refractivity contribution >= 4 is 11.7 Å². The lowest BCUT2D eigenvalue weighted by molar-refractivity contribution is -0.118. The van der Waals surface area contributed by atoms with E-state index in [1.54, 1.807) is 0 Å². The Morgan fingerprint density at radius 2 is 1.89 bits per heavy atom. The number of Topliss-reactive ketones (excluding diaryl/α,β-unsaturated/α-hetero) is 1. The van der Waals surface area contributed by atoms with E-state index in [0.717, 1.165) is 23.1 Å². The fourth-order valence-electron chi connectivity index (χ4n) is 2.69. The third-order valence-corrected chi connectivity index (χ3v) is 3.81. The lowest BCUT2D eigenvalue weighted by atomic mass is 9.89. The number of hydrogen-bond acceptors (Lipinski definition) is 3. The summed E-state index contributed by atoms with van der Waals surface area (Å²) in [5.41, 5.74) is 2.96. The molecule has 4 nitrogen and oxygen atoms in total. The second kappa shape index (κ2) is 5.13. The second-order valence-corrected chi connectivity index (χ2v) is 5.10. The van der Waals surface area contributed by atoms with Gasteiger partial charge in [-0.15, -0.1) is 0 Å². The molecular weight excluding hydrogens is 242 g/mol. The maximum atomic E-state index is 12.4. The Morgan fingerprint density at radius 1 is 1.11 bits per heavy atom. The number of fused-ring (bicyclic) bond motifs is 1. The predicted molar refractivity (Wildman–Crippen MR) is 70.2 cm³/mol. The van der Waals surface area contributed by atoms with Crippen molar-refractivity contribution < 1.29 is 14.3 Å². The minimum atomic E-state index is 0.0722. The Morgan fingerprint density at radius 3 is 2.68 bits per heavy atom. The van der Waals surface area contributed by atoms with Crippen molar-refractivity contribution in [2.45, 2.75) is 19.3 Å². The van der Waals surface area contributed by atoms with Gasteiger partial charge in [0.2, 0.25) is 0 Å². The van der Waals surface area contributed by atoms with E-state index in [4.69, 9.17) is 4.74 Å². The predicted octanol–water partition coefficient (Wildman–Crippen LogP) is 1.22. The molecule has 0 radical (unpaired) electrons. The summed E-state index contributed by atoms with van der Waals surface area (Å²) in [5, 5.41) is 0. The van der Waals surface area contributed by atoms with Gasteiger partial charge in [0.1, 0.15) is 5.78 Å². The SMILES string of the molecule is O=C1CCc2cc(C(=O)N3CCOCC3)ccc2C1. The zero-order valence-corrected chi connectivity index (χ0v) is 10.9. The van der Waals surface area contributed by atoms with Crippen LogP contribution in [0.15, 0.2) is 18.2 Å². The largest absolute Gasteiger partial charge is 0.378 e. The van der Waals surface area contributed by atoms with Crippen LogP contribution in [0.5, 0.6) is 0 Å². The molecule has 0 spiro atoms. The van der Waals surface area contributed by atoms with Crippen molar-refractivity contribution in [3.63, 3.8) is 0 Å². The van der Waals surface area contributed by atoms with Gasteiger partial charge < -0.3 is 9.64 Å². The molecule has 0 N–H and O–H groups in total. The zero-order valence-electron chi connectivity index (χ0n) is 10.9. The molecule has 0 atom stereocenters. The van der Waals surface area contributed by atoms with Crippen LogP contribution < -0.4 is 0 Å². The number of nitrogens with zero attached hydrogens (tertiary/aromatic N) is 1. The molecule has 100 valence electrons. The maximum absolute atomic E-state index is 12.4. The molecule has 3 rings (SSSR count). The Bertz CT molecular complexity index is 518. The van der Waals surface area contributed by atoms with Crippen LogP contribution in [0.3, 0.4) is 0 Å². The van der Waals surface area contributed by atoms with Gasteiger partial charge in [-0.05, 0) is 29.7 Å². The van der Waals surface area contributed by atoms with Crippen LogP contribution >= 0.6 is 0 Å². The number of rotatable bonds is 1. The van der Waals surface area contributed by atoms with Crippen LogP contribution in [-0.2, 0) is 22.4 Å². The van der Waals surface area contributed by atoms with Crippen molar-refractivity contribution in [1.29, 1.82) is 0 Å². The highest BCUT2D eigenvalue weighted by molar-refractivity contribution is 5.95. The fraction of sp³-hybridized carbons (Fsp3) is 0.467. The summed E-state index contributed by atoms with van der Waals surface area (Å²) in [7, 11) is 0. The van der Waals surface area contributed by atoms with Gasteiger partial charge in [0.25, 0.3) is 5.91 Å². The van der Waals surface area contributed by atoms with Gasteiger partial charge in [-0.1, -0.05) is 6.07 Å². The van der Waals surface area contributed by atoms with E-state index in [-0.39, 0.29) is 5.91 Å². The number of morpholine rings is 1. The molecule has 1 heterocycles. The summed E-state index contributed by atoms with van der Waals surface area (Å²) >= 11 is 0. The molecule has 19 heavy (non-hydrogen) atoms. The van der Waals surface area contributed by atoms with Gasteiger partial charge >= 0.3 is 0 Å². The zero-order chi connectivity index (χ0) is 13.2. The Kier molecular flexibility index (Phi) is 3.34. The van der Waals surface area contributed by atoms with Crippen molar-refractivity contribution in [3.05, 3.63) is 34.9 Å². The monoisotopic (exact) mass is 259 g/mol. The highest BCUT2D eigenvalue weighted by Gasteiger charge is 2.21. The number of hydrogen-bond donors (Lipinski definition) is 0. The quantitative estimate of drug-likeness (QED) is 0.761. The van der Waals surface area contributed by atoms with Gasteiger partial charge in [-0.2, -0.15) is 0 Å². The molecule has 0 bridgehead atoms. The molecule has 1 aromatic carbocycles. The van der Waals surface area contributed by atoms with E-state index >= 15 is 0 Å². The van der Waals surface area contributed by atoms with E-state index in [1.807, 2.05) is 23.1 Å². The maximum Gasteiger partial charge on any atom is 0.254 e. The summed E-state index contributed by atoms with van der Waals surface area (Å²) in [6, 6.07) is 5.73. The van der Waals surface area contributed by atoms with E-state index in [1.165, 1.54) is 0 Å². The number of carbonyl (C=O) groups excluding carboxylic acids is 2. The summed E-state index contributed by atoms with van der Waals surface area (Å²) in [5.74, 6) is 0.364. The molecule has 1 fully saturated rings. The molecular formula is C15H17NO3. The third kappa shape index (κ3) is 2.54. The van der Waals surface area contributed by atoms with Crippen molar-refractivity contribution in [1.82, 2.24) is 4.90 Å². The number of amides is 1. The van der Waals surface area contributed by atoms with Crippen LogP contribution in [-0.4, -0.2) is 42.9 Å². The van der Waals surface area contributed by atoms with Gasteiger partial charge in [-0.25, -0.2) is 0 Å². The average molecular weight is 259 g/mol. The summed E-state index contributed by atoms with van der Waals surface area (Å²) < 4.78 is 5.26. The summed E-state index contributed by atoms with van der Waals surface area (Å²) in [6.07, 6.45) is 1.88. The molecule has 1 aliphatic heterocycles. The minimum Gasteiger partial charge on any atom is -0.378 e. The molecule has 1 saturated heterocycles. The van der Waals surface area contributed by atoms with Crippen LogP contribution in [0.4, 0.5) is 0 Å². The molecule has 0 unspecified atom stereocenters. The number of carbonyl (C=O) groups is 2. The Balaban J connectivity index is 1.81. The lowest BCUT2D eigenvalue weighted by Gasteiger charge is -2.27. The first-order chi connectivity index (χ1) is 9.24. The molecule has 0 aromatic heterocycles. The summed E-state index contributed by atoms with van der Waals surface area (Å²) in [4.78, 5) is 25.6. The first-order valence-corrected chi connectivity index (χ1v) is 6.74. The second-order valence-electron chi connectivity index (χ2n) is 5.10. The number of ether oxygens (including phenoxy) is 1. The highest BCUT2D eigenvalue weighted by atomic mass is 16.5. The standard InChI is InChI=1S/C15H17NO3/c17-14-4-3-11-9-13(2-1-12(11)10-14)15(18)16-5-7-19-8-6-16/h1-2,9H,3-8,10H2. The lowest BCUT2D eigenvalue weighted by Crippen LogP contribution is -2.40.